The highest BCUT2D eigenvalue weighted by molar-refractivity contribution is 7.09. The van der Waals surface area contributed by atoms with Gasteiger partial charge in [0, 0.05) is 30.8 Å². The molecule has 0 radical (unpaired) electrons. The third-order valence-electron chi connectivity index (χ3n) is 1.85. The Morgan fingerprint density at radius 1 is 1.50 bits per heavy atom. The number of ether oxygens (including phenoxy) is 1. The monoisotopic (exact) mass is 214 g/mol. The van der Waals surface area contributed by atoms with Gasteiger partial charge in [0.25, 0.3) is 0 Å². The van der Waals surface area contributed by atoms with E-state index in [0.29, 0.717) is 0 Å². The molecule has 0 saturated heterocycles. The lowest BCUT2D eigenvalue weighted by molar-refractivity contribution is 0.133. The van der Waals surface area contributed by atoms with Gasteiger partial charge in [0.05, 0.1) is 12.1 Å². The Morgan fingerprint density at radius 2 is 2.43 bits per heavy atom. The van der Waals surface area contributed by atoms with E-state index < -0.39 is 0 Å². The smallest absolute Gasteiger partial charge is 0.0794 e. The van der Waals surface area contributed by atoms with Crippen molar-refractivity contribution in [2.45, 2.75) is 26.3 Å². The molecule has 1 N–H and O–H groups in total. The van der Waals surface area contributed by atoms with E-state index in [2.05, 4.69) is 17.2 Å². The normalized spacial score (nSPS) is 10.6. The number of hydrogen-bond acceptors (Lipinski definition) is 4. The summed E-state index contributed by atoms with van der Waals surface area (Å²) in [7, 11) is 0. The average Bonchev–Trinajstić information content (AvgIpc) is 2.69. The molecule has 3 nitrogen and oxygen atoms in total. The molecule has 0 fully saturated rings. The van der Waals surface area contributed by atoms with E-state index >= 15 is 0 Å². The van der Waals surface area contributed by atoms with Crippen molar-refractivity contribution in [3.63, 3.8) is 0 Å². The molecule has 4 heteroatoms. The molecule has 1 heterocycles. The second-order valence-corrected chi connectivity index (χ2v) is 4.08. The quantitative estimate of drug-likeness (QED) is 0.673. The van der Waals surface area contributed by atoms with E-state index in [9.17, 15) is 0 Å². The van der Waals surface area contributed by atoms with Gasteiger partial charge in [0.2, 0.25) is 0 Å². The van der Waals surface area contributed by atoms with Crippen molar-refractivity contribution in [1.82, 2.24) is 10.3 Å². The molecule has 80 valence electrons. The van der Waals surface area contributed by atoms with E-state index in [1.54, 1.807) is 11.3 Å². The van der Waals surface area contributed by atoms with Crippen LogP contribution in [-0.2, 0) is 11.3 Å². The highest BCUT2D eigenvalue weighted by Crippen LogP contribution is 2.03. The van der Waals surface area contributed by atoms with Gasteiger partial charge in [-0.2, -0.15) is 0 Å². The van der Waals surface area contributed by atoms with Crippen molar-refractivity contribution < 1.29 is 4.74 Å². The summed E-state index contributed by atoms with van der Waals surface area (Å²) in [5, 5.41) is 3.31. The van der Waals surface area contributed by atoms with Crippen LogP contribution in [0.25, 0.3) is 0 Å². The Kier molecular flexibility index (Phi) is 6.57. The number of aromatic nitrogens is 1. The van der Waals surface area contributed by atoms with E-state index in [0.717, 1.165) is 32.7 Å². The minimum atomic E-state index is 0.804. The second-order valence-electron chi connectivity index (χ2n) is 3.11. The summed E-state index contributed by atoms with van der Waals surface area (Å²) in [6, 6.07) is 0. The number of hydrogen-bond donors (Lipinski definition) is 1. The van der Waals surface area contributed by atoms with Gasteiger partial charge in [0.15, 0.2) is 0 Å². The molecular weight excluding hydrogens is 196 g/mol. The SMILES string of the molecule is CCCCOCCNCc1cncs1. The van der Waals surface area contributed by atoms with Crippen LogP contribution >= 0.6 is 11.3 Å². The molecule has 0 aliphatic rings. The summed E-state index contributed by atoms with van der Waals surface area (Å²) in [5.41, 5.74) is 1.86. The van der Waals surface area contributed by atoms with Crippen LogP contribution in [0.5, 0.6) is 0 Å². The van der Waals surface area contributed by atoms with Crippen LogP contribution in [0.4, 0.5) is 0 Å². The van der Waals surface area contributed by atoms with Crippen LogP contribution in [0.2, 0.25) is 0 Å². The molecule has 0 unspecified atom stereocenters. The van der Waals surface area contributed by atoms with Gasteiger partial charge < -0.3 is 10.1 Å². The molecule has 0 amide bonds. The average molecular weight is 214 g/mol. The van der Waals surface area contributed by atoms with Crippen LogP contribution in [-0.4, -0.2) is 24.7 Å². The van der Waals surface area contributed by atoms with Crippen molar-refractivity contribution in [1.29, 1.82) is 0 Å². The van der Waals surface area contributed by atoms with Crippen molar-refractivity contribution in [2.75, 3.05) is 19.8 Å². The zero-order valence-electron chi connectivity index (χ0n) is 8.66. The van der Waals surface area contributed by atoms with E-state index in [1.807, 2.05) is 11.7 Å². The first-order valence-corrected chi connectivity index (χ1v) is 5.97. The minimum absolute atomic E-state index is 0.804. The number of rotatable bonds is 8. The Balaban J connectivity index is 1.85. The molecule has 1 rings (SSSR count). The number of unbranched alkanes of at least 4 members (excludes halogenated alkanes) is 1. The maximum atomic E-state index is 5.42. The first-order valence-electron chi connectivity index (χ1n) is 5.09. The van der Waals surface area contributed by atoms with Crippen molar-refractivity contribution in [3.8, 4) is 0 Å². The van der Waals surface area contributed by atoms with Gasteiger partial charge in [-0.05, 0) is 6.42 Å². The zero-order chi connectivity index (χ0) is 10.1. The van der Waals surface area contributed by atoms with Gasteiger partial charge in [-0.25, -0.2) is 0 Å². The molecule has 1 aromatic rings. The number of thiazole rings is 1. The first-order chi connectivity index (χ1) is 6.93. The molecule has 0 atom stereocenters. The predicted molar refractivity (Wildman–Crippen MR) is 59.5 cm³/mol. The van der Waals surface area contributed by atoms with Gasteiger partial charge in [-0.1, -0.05) is 13.3 Å². The molecule has 0 aliphatic carbocycles. The lowest BCUT2D eigenvalue weighted by Gasteiger charge is -2.03. The highest BCUT2D eigenvalue weighted by Gasteiger charge is 1.93. The lowest BCUT2D eigenvalue weighted by atomic mass is 10.4. The zero-order valence-corrected chi connectivity index (χ0v) is 9.48. The van der Waals surface area contributed by atoms with Crippen molar-refractivity contribution in [2.24, 2.45) is 0 Å². The van der Waals surface area contributed by atoms with Gasteiger partial charge in [-0.3, -0.25) is 4.98 Å². The van der Waals surface area contributed by atoms with Gasteiger partial charge in [0.1, 0.15) is 0 Å². The third-order valence-corrected chi connectivity index (χ3v) is 2.63. The second kappa shape index (κ2) is 7.91. The fourth-order valence-corrected chi connectivity index (χ4v) is 1.60. The number of nitrogens with zero attached hydrogens (tertiary/aromatic N) is 1. The Morgan fingerprint density at radius 3 is 3.14 bits per heavy atom. The molecule has 1 aromatic heterocycles. The van der Waals surface area contributed by atoms with Crippen molar-refractivity contribution in [3.05, 3.63) is 16.6 Å². The van der Waals surface area contributed by atoms with E-state index in [1.165, 1.54) is 11.3 Å². The number of nitrogens with one attached hydrogen (secondary N) is 1. The maximum absolute atomic E-state index is 5.42. The summed E-state index contributed by atoms with van der Waals surface area (Å²) in [5.74, 6) is 0. The Hall–Kier alpha value is -0.450. The fourth-order valence-electron chi connectivity index (χ4n) is 1.03. The topological polar surface area (TPSA) is 34.1 Å². The largest absolute Gasteiger partial charge is 0.380 e. The van der Waals surface area contributed by atoms with Crippen LogP contribution in [0.1, 0.15) is 24.6 Å². The molecule has 0 bridgehead atoms. The summed E-state index contributed by atoms with van der Waals surface area (Å²) in [4.78, 5) is 5.29. The van der Waals surface area contributed by atoms with Crippen LogP contribution < -0.4 is 5.32 Å². The molecular formula is C10H18N2OS. The van der Waals surface area contributed by atoms with Crippen LogP contribution in [0, 0.1) is 0 Å². The molecule has 0 saturated carbocycles. The predicted octanol–water partition coefficient (Wildman–Crippen LogP) is 2.05. The first kappa shape index (κ1) is 11.6. The maximum Gasteiger partial charge on any atom is 0.0794 e. The molecule has 14 heavy (non-hydrogen) atoms. The van der Waals surface area contributed by atoms with E-state index in [-0.39, 0.29) is 0 Å². The van der Waals surface area contributed by atoms with Crippen molar-refractivity contribution >= 4 is 11.3 Å². The molecule has 0 aromatic carbocycles. The molecule has 0 spiro atoms. The third kappa shape index (κ3) is 5.32. The minimum Gasteiger partial charge on any atom is -0.380 e. The fraction of sp³-hybridized carbons (Fsp3) is 0.700. The summed E-state index contributed by atoms with van der Waals surface area (Å²) >= 11 is 1.68. The van der Waals surface area contributed by atoms with Gasteiger partial charge >= 0.3 is 0 Å². The molecule has 0 aliphatic heterocycles. The van der Waals surface area contributed by atoms with Crippen LogP contribution in [0.3, 0.4) is 0 Å². The lowest BCUT2D eigenvalue weighted by Crippen LogP contribution is -2.18. The Labute approximate surface area is 89.5 Å². The summed E-state index contributed by atoms with van der Waals surface area (Å²) in [6.07, 6.45) is 4.26. The van der Waals surface area contributed by atoms with Crippen LogP contribution in [0.15, 0.2) is 11.7 Å². The highest BCUT2D eigenvalue weighted by atomic mass is 32.1. The summed E-state index contributed by atoms with van der Waals surface area (Å²) < 4.78 is 5.42. The Bertz CT molecular complexity index is 214. The summed E-state index contributed by atoms with van der Waals surface area (Å²) in [6.45, 7) is 5.69. The van der Waals surface area contributed by atoms with Gasteiger partial charge in [-0.15, -0.1) is 11.3 Å². The van der Waals surface area contributed by atoms with E-state index in [4.69, 9.17) is 4.74 Å². The standard InChI is InChI=1S/C10H18N2OS/c1-2-3-5-13-6-4-11-7-10-8-12-9-14-10/h8-9,11H,2-7H2,1H3.